The number of nitrogens with one attached hydrogen (secondary N) is 1. The smallest absolute Gasteiger partial charge is 0.338 e. The number of sulfone groups is 1. The number of nitrogens with zero attached hydrogens (tertiary/aromatic N) is 1. The zero-order chi connectivity index (χ0) is 17.8. The lowest BCUT2D eigenvalue weighted by Crippen LogP contribution is -2.46. The molecule has 0 aliphatic heterocycles. The molecule has 1 aliphatic carbocycles. The van der Waals surface area contributed by atoms with Gasteiger partial charge >= 0.3 is 5.97 Å². The van der Waals surface area contributed by atoms with Crippen LogP contribution in [0.15, 0.2) is 29.2 Å². The third-order valence-electron chi connectivity index (χ3n) is 3.90. The third kappa shape index (κ3) is 4.32. The van der Waals surface area contributed by atoms with Crippen molar-refractivity contribution in [3.63, 3.8) is 0 Å². The molecule has 24 heavy (non-hydrogen) atoms. The van der Waals surface area contributed by atoms with Crippen LogP contribution in [-0.2, 0) is 19.4 Å². The van der Waals surface area contributed by atoms with Crippen molar-refractivity contribution in [1.82, 2.24) is 5.32 Å². The van der Waals surface area contributed by atoms with Crippen molar-refractivity contribution in [3.05, 3.63) is 29.8 Å². The van der Waals surface area contributed by atoms with Crippen molar-refractivity contribution < 1.29 is 22.7 Å². The predicted octanol–water partition coefficient (Wildman–Crippen LogP) is 1.20. The predicted molar refractivity (Wildman–Crippen MR) is 84.8 cm³/mol. The molecule has 1 amide bonds. The standard InChI is InChI=1S/C16H18N2O5S/c1-24(21,22)13-6-4-12(5-7-13)15(20)23-10-14(19)18-16(11-17)8-2-3-9-16/h4-7H,2-3,8-10H2,1H3,(H,18,19). The number of carbonyl (C=O) groups excluding carboxylic acids is 2. The molecule has 1 aromatic rings. The van der Waals surface area contributed by atoms with Crippen LogP contribution in [0.4, 0.5) is 0 Å². The van der Waals surface area contributed by atoms with Crippen LogP contribution in [0.1, 0.15) is 36.0 Å². The molecule has 0 saturated heterocycles. The van der Waals surface area contributed by atoms with Crippen molar-refractivity contribution >= 4 is 21.7 Å². The zero-order valence-corrected chi connectivity index (χ0v) is 14.1. The summed E-state index contributed by atoms with van der Waals surface area (Å²) in [6, 6.07) is 7.37. The summed E-state index contributed by atoms with van der Waals surface area (Å²) in [5.41, 5.74) is -0.716. The Balaban J connectivity index is 1.91. The molecule has 0 atom stereocenters. The lowest BCUT2D eigenvalue weighted by atomic mass is 10.00. The molecule has 0 heterocycles. The van der Waals surface area contributed by atoms with Crippen LogP contribution in [-0.4, -0.2) is 38.7 Å². The average molecular weight is 350 g/mol. The maximum atomic E-state index is 11.9. The highest BCUT2D eigenvalue weighted by molar-refractivity contribution is 7.90. The molecule has 0 radical (unpaired) electrons. The third-order valence-corrected chi connectivity index (χ3v) is 5.03. The van der Waals surface area contributed by atoms with Gasteiger partial charge in [0.05, 0.1) is 16.5 Å². The van der Waals surface area contributed by atoms with E-state index in [0.717, 1.165) is 19.1 Å². The van der Waals surface area contributed by atoms with Gasteiger partial charge < -0.3 is 10.1 Å². The second-order valence-corrected chi connectivity index (χ2v) is 7.84. The topological polar surface area (TPSA) is 113 Å². The average Bonchev–Trinajstić information content (AvgIpc) is 3.01. The minimum absolute atomic E-state index is 0.0917. The summed E-state index contributed by atoms with van der Waals surface area (Å²) in [4.78, 5) is 23.8. The van der Waals surface area contributed by atoms with Gasteiger partial charge in [-0.2, -0.15) is 5.26 Å². The Morgan fingerprint density at radius 1 is 1.25 bits per heavy atom. The maximum absolute atomic E-state index is 11.9. The molecule has 7 nitrogen and oxygen atoms in total. The maximum Gasteiger partial charge on any atom is 0.338 e. The van der Waals surface area contributed by atoms with Crippen molar-refractivity contribution in [1.29, 1.82) is 5.26 Å². The van der Waals surface area contributed by atoms with Crippen molar-refractivity contribution in [2.75, 3.05) is 12.9 Å². The number of hydrogen-bond donors (Lipinski definition) is 1. The lowest BCUT2D eigenvalue weighted by Gasteiger charge is -2.21. The highest BCUT2D eigenvalue weighted by atomic mass is 32.2. The summed E-state index contributed by atoms with van der Waals surface area (Å²) in [6.45, 7) is -0.490. The first-order chi connectivity index (χ1) is 11.3. The Labute approximate surface area is 140 Å². The van der Waals surface area contributed by atoms with Gasteiger partial charge in [-0.15, -0.1) is 0 Å². The van der Waals surface area contributed by atoms with E-state index in [1.165, 1.54) is 24.3 Å². The molecule has 1 N–H and O–H groups in total. The Bertz CT molecular complexity index is 772. The minimum atomic E-state index is -3.34. The largest absolute Gasteiger partial charge is 0.452 e. The second kappa shape index (κ2) is 7.01. The van der Waals surface area contributed by atoms with Crippen molar-refractivity contribution in [2.45, 2.75) is 36.1 Å². The van der Waals surface area contributed by atoms with Gasteiger partial charge in [0.15, 0.2) is 16.4 Å². The number of hydrogen-bond acceptors (Lipinski definition) is 6. The second-order valence-electron chi connectivity index (χ2n) is 5.82. The molecule has 1 saturated carbocycles. The normalized spacial score (nSPS) is 16.2. The lowest BCUT2D eigenvalue weighted by molar-refractivity contribution is -0.125. The fourth-order valence-corrected chi connectivity index (χ4v) is 3.23. The molecule has 8 heteroatoms. The molecular formula is C16H18N2O5S. The van der Waals surface area contributed by atoms with Gasteiger partial charge in [-0.05, 0) is 49.9 Å². The highest BCUT2D eigenvalue weighted by Crippen LogP contribution is 2.28. The molecule has 0 unspecified atom stereocenters. The van der Waals surface area contributed by atoms with Gasteiger partial charge in [0.1, 0.15) is 5.54 Å². The first-order valence-electron chi connectivity index (χ1n) is 7.45. The number of ether oxygens (including phenoxy) is 1. The van der Waals surface area contributed by atoms with Gasteiger partial charge in [0.2, 0.25) is 0 Å². The van der Waals surface area contributed by atoms with E-state index in [9.17, 15) is 23.3 Å². The highest BCUT2D eigenvalue weighted by Gasteiger charge is 2.35. The van der Waals surface area contributed by atoms with E-state index in [1.54, 1.807) is 0 Å². The van der Waals surface area contributed by atoms with Gasteiger partial charge in [0.25, 0.3) is 5.91 Å². The molecule has 1 fully saturated rings. The van der Waals surface area contributed by atoms with Gasteiger partial charge in [-0.1, -0.05) is 0 Å². The molecule has 0 spiro atoms. The van der Waals surface area contributed by atoms with Crippen LogP contribution in [0.3, 0.4) is 0 Å². The summed E-state index contributed by atoms with van der Waals surface area (Å²) < 4.78 is 27.6. The molecule has 1 aromatic carbocycles. The summed E-state index contributed by atoms with van der Waals surface area (Å²) in [6.07, 6.45) is 4.01. The van der Waals surface area contributed by atoms with E-state index in [1.807, 2.05) is 0 Å². The Kier molecular flexibility index (Phi) is 5.24. The fourth-order valence-electron chi connectivity index (χ4n) is 2.60. The van der Waals surface area contributed by atoms with Gasteiger partial charge in [0, 0.05) is 6.26 Å². The van der Waals surface area contributed by atoms with E-state index in [-0.39, 0.29) is 10.5 Å². The summed E-state index contributed by atoms with van der Waals surface area (Å²) >= 11 is 0. The minimum Gasteiger partial charge on any atom is -0.452 e. The molecular weight excluding hydrogens is 332 g/mol. The van der Waals surface area contributed by atoms with Crippen LogP contribution in [0.2, 0.25) is 0 Å². The first-order valence-corrected chi connectivity index (χ1v) is 9.34. The number of esters is 1. The van der Waals surface area contributed by atoms with Crippen LogP contribution in [0.25, 0.3) is 0 Å². The SMILES string of the molecule is CS(=O)(=O)c1ccc(C(=O)OCC(=O)NC2(C#N)CCCC2)cc1. The molecule has 2 rings (SSSR count). The number of amides is 1. The monoisotopic (exact) mass is 350 g/mol. The Morgan fingerprint density at radius 2 is 1.83 bits per heavy atom. The molecule has 1 aliphatic rings. The van der Waals surface area contributed by atoms with E-state index in [4.69, 9.17) is 4.74 Å². The van der Waals surface area contributed by atoms with Crippen LogP contribution < -0.4 is 5.32 Å². The molecule has 128 valence electrons. The summed E-state index contributed by atoms with van der Waals surface area (Å²) in [7, 11) is -3.34. The quantitative estimate of drug-likeness (QED) is 0.798. The van der Waals surface area contributed by atoms with E-state index in [0.29, 0.717) is 12.8 Å². The van der Waals surface area contributed by atoms with Gasteiger partial charge in [-0.25, -0.2) is 13.2 Å². The van der Waals surface area contributed by atoms with E-state index < -0.39 is 33.9 Å². The van der Waals surface area contributed by atoms with Crippen LogP contribution in [0.5, 0.6) is 0 Å². The van der Waals surface area contributed by atoms with Crippen LogP contribution >= 0.6 is 0 Å². The van der Waals surface area contributed by atoms with Gasteiger partial charge in [-0.3, -0.25) is 4.79 Å². The molecule has 0 aromatic heterocycles. The van der Waals surface area contributed by atoms with E-state index in [2.05, 4.69) is 11.4 Å². The summed E-state index contributed by atoms with van der Waals surface area (Å²) in [5.74, 6) is -1.26. The van der Waals surface area contributed by atoms with Crippen molar-refractivity contribution in [3.8, 4) is 6.07 Å². The first kappa shape index (κ1) is 17.9. The fraction of sp³-hybridized carbons (Fsp3) is 0.438. The Hall–Kier alpha value is -2.40. The Morgan fingerprint density at radius 3 is 2.33 bits per heavy atom. The summed E-state index contributed by atoms with van der Waals surface area (Å²) in [5, 5.41) is 11.8. The number of nitriles is 1. The number of carbonyl (C=O) groups is 2. The zero-order valence-electron chi connectivity index (χ0n) is 13.2. The molecule has 0 bridgehead atoms. The number of rotatable bonds is 5. The van der Waals surface area contributed by atoms with Crippen LogP contribution in [0, 0.1) is 11.3 Å². The number of benzene rings is 1. The van der Waals surface area contributed by atoms with Crippen molar-refractivity contribution in [2.24, 2.45) is 0 Å². The van der Waals surface area contributed by atoms with E-state index >= 15 is 0 Å².